The normalized spacial score (nSPS) is 18.3. The maximum atomic E-state index is 12.9. The fourth-order valence-corrected chi connectivity index (χ4v) is 5.15. The summed E-state index contributed by atoms with van der Waals surface area (Å²) >= 11 is 0. The smallest absolute Gasteiger partial charge is 0.410 e. The molecule has 0 aliphatic carbocycles. The van der Waals surface area contributed by atoms with Crippen LogP contribution >= 0.6 is 0 Å². The van der Waals surface area contributed by atoms with E-state index in [1.165, 1.54) is 9.80 Å². The standard InChI is InChI=1S/C33H43N5O7/c1-32(2,3)44-30(42)37-19-7-9-25(37)28(40)35-22-13-11-21(12-14-22)27(39)34-23-15-17-24(18-16-23)36-29(41)26-10-8-20-38(26)31(43)45-33(4,5)6/h11-18,25-26H,7-10,19-20H2,1-6H3,(H,34,39)(H,35,40)(H,36,41). The van der Waals surface area contributed by atoms with E-state index in [0.717, 1.165) is 0 Å². The van der Waals surface area contributed by atoms with Gasteiger partial charge in [-0.3, -0.25) is 24.2 Å². The summed E-state index contributed by atoms with van der Waals surface area (Å²) in [6.07, 6.45) is 1.49. The van der Waals surface area contributed by atoms with E-state index >= 15 is 0 Å². The van der Waals surface area contributed by atoms with Crippen LogP contribution < -0.4 is 16.0 Å². The predicted molar refractivity (Wildman–Crippen MR) is 170 cm³/mol. The summed E-state index contributed by atoms with van der Waals surface area (Å²) in [4.78, 5) is 66.7. The summed E-state index contributed by atoms with van der Waals surface area (Å²) in [5.41, 5.74) is 0.625. The highest BCUT2D eigenvalue weighted by molar-refractivity contribution is 6.05. The highest BCUT2D eigenvalue weighted by atomic mass is 16.6. The number of nitrogens with zero attached hydrogens (tertiary/aromatic N) is 2. The number of amides is 5. The molecule has 2 fully saturated rings. The van der Waals surface area contributed by atoms with E-state index in [4.69, 9.17) is 9.47 Å². The van der Waals surface area contributed by atoms with E-state index in [1.54, 1.807) is 90.1 Å². The van der Waals surface area contributed by atoms with Gasteiger partial charge in [0.05, 0.1) is 0 Å². The first-order valence-electron chi connectivity index (χ1n) is 15.2. The van der Waals surface area contributed by atoms with Gasteiger partial charge in [-0.2, -0.15) is 0 Å². The minimum atomic E-state index is -0.656. The number of anilines is 3. The Morgan fingerprint density at radius 2 is 0.956 bits per heavy atom. The Hall–Kier alpha value is -4.61. The van der Waals surface area contributed by atoms with Crippen LogP contribution in [0.2, 0.25) is 0 Å². The molecule has 0 radical (unpaired) electrons. The lowest BCUT2D eigenvalue weighted by molar-refractivity contribution is -0.121. The number of hydrogen-bond acceptors (Lipinski definition) is 7. The van der Waals surface area contributed by atoms with E-state index in [-0.39, 0.29) is 17.7 Å². The monoisotopic (exact) mass is 621 g/mol. The van der Waals surface area contributed by atoms with Gasteiger partial charge in [0.25, 0.3) is 5.91 Å². The molecule has 12 nitrogen and oxygen atoms in total. The number of benzene rings is 2. The summed E-state index contributed by atoms with van der Waals surface area (Å²) in [5, 5.41) is 8.48. The van der Waals surface area contributed by atoms with Gasteiger partial charge >= 0.3 is 12.2 Å². The molecule has 2 unspecified atom stereocenters. The van der Waals surface area contributed by atoms with Gasteiger partial charge in [0.2, 0.25) is 11.8 Å². The lowest BCUT2D eigenvalue weighted by Crippen LogP contribution is -2.45. The lowest BCUT2D eigenvalue weighted by Gasteiger charge is -2.28. The average Bonchev–Trinajstić information content (AvgIpc) is 3.63. The van der Waals surface area contributed by atoms with E-state index in [0.29, 0.717) is 61.4 Å². The fraction of sp³-hybridized carbons (Fsp3) is 0.485. The number of rotatable bonds is 6. The summed E-state index contributed by atoms with van der Waals surface area (Å²) in [6, 6.07) is 11.9. The van der Waals surface area contributed by atoms with Gasteiger partial charge in [-0.15, -0.1) is 0 Å². The van der Waals surface area contributed by atoms with Crippen LogP contribution in [0.3, 0.4) is 0 Å². The molecule has 5 amide bonds. The Morgan fingerprint density at radius 3 is 1.33 bits per heavy atom. The van der Waals surface area contributed by atoms with Gasteiger partial charge in [-0.25, -0.2) is 9.59 Å². The second-order valence-electron chi connectivity index (χ2n) is 13.3. The molecular formula is C33H43N5O7. The molecule has 2 aliphatic rings. The largest absolute Gasteiger partial charge is 0.444 e. The topological polar surface area (TPSA) is 146 Å². The maximum Gasteiger partial charge on any atom is 0.410 e. The molecule has 2 atom stereocenters. The van der Waals surface area contributed by atoms with E-state index in [9.17, 15) is 24.0 Å². The van der Waals surface area contributed by atoms with Crippen molar-refractivity contribution in [2.24, 2.45) is 0 Å². The Morgan fingerprint density at radius 1 is 0.600 bits per heavy atom. The number of ether oxygens (including phenoxy) is 2. The molecule has 0 saturated carbocycles. The highest BCUT2D eigenvalue weighted by Crippen LogP contribution is 2.24. The second-order valence-corrected chi connectivity index (χ2v) is 13.3. The Kier molecular flexibility index (Phi) is 10.0. The third-order valence-corrected chi connectivity index (χ3v) is 7.19. The first-order valence-corrected chi connectivity index (χ1v) is 15.2. The molecule has 2 aliphatic heterocycles. The molecule has 4 rings (SSSR count). The summed E-state index contributed by atoms with van der Waals surface area (Å²) in [5.74, 6) is -0.962. The van der Waals surface area contributed by atoms with Crippen LogP contribution in [0.4, 0.5) is 26.7 Å². The van der Waals surface area contributed by atoms with Crippen LogP contribution in [0, 0.1) is 0 Å². The molecule has 2 saturated heterocycles. The quantitative estimate of drug-likeness (QED) is 0.380. The molecule has 0 aromatic heterocycles. The minimum Gasteiger partial charge on any atom is -0.444 e. The van der Waals surface area contributed by atoms with Crippen LogP contribution in [0.25, 0.3) is 0 Å². The van der Waals surface area contributed by atoms with Crippen molar-refractivity contribution in [1.82, 2.24) is 9.80 Å². The van der Waals surface area contributed by atoms with E-state index in [2.05, 4.69) is 16.0 Å². The van der Waals surface area contributed by atoms with Crippen LogP contribution in [-0.4, -0.2) is 76.1 Å². The predicted octanol–water partition coefficient (Wildman–Crippen LogP) is 5.61. The average molecular weight is 622 g/mol. The van der Waals surface area contributed by atoms with E-state index < -0.39 is 35.5 Å². The molecular weight excluding hydrogens is 578 g/mol. The molecule has 2 aromatic carbocycles. The van der Waals surface area contributed by atoms with Crippen LogP contribution in [0.1, 0.15) is 77.6 Å². The molecule has 0 spiro atoms. The van der Waals surface area contributed by atoms with Gasteiger partial charge in [-0.1, -0.05) is 0 Å². The SMILES string of the molecule is CC(C)(C)OC(=O)N1CCCC1C(=O)Nc1ccc(NC(=O)c2ccc(NC(=O)C3CCCN3C(=O)OC(C)(C)C)cc2)cc1. The fourth-order valence-electron chi connectivity index (χ4n) is 5.15. The zero-order chi connectivity index (χ0) is 32.9. The van der Waals surface area contributed by atoms with Crippen molar-refractivity contribution in [3.05, 3.63) is 54.1 Å². The van der Waals surface area contributed by atoms with Crippen molar-refractivity contribution in [2.75, 3.05) is 29.0 Å². The maximum absolute atomic E-state index is 12.9. The van der Waals surface area contributed by atoms with Crippen molar-refractivity contribution in [1.29, 1.82) is 0 Å². The number of hydrogen-bond donors (Lipinski definition) is 3. The lowest BCUT2D eigenvalue weighted by atomic mass is 10.1. The first-order chi connectivity index (χ1) is 21.1. The van der Waals surface area contributed by atoms with Gasteiger partial charge in [0.15, 0.2) is 0 Å². The molecule has 0 bridgehead atoms. The molecule has 45 heavy (non-hydrogen) atoms. The molecule has 2 heterocycles. The Labute approximate surface area is 263 Å². The van der Waals surface area contributed by atoms with Crippen LogP contribution in [0.15, 0.2) is 48.5 Å². The highest BCUT2D eigenvalue weighted by Gasteiger charge is 2.38. The van der Waals surface area contributed by atoms with E-state index in [1.807, 2.05) is 0 Å². The number of carbonyl (C=O) groups excluding carboxylic acids is 5. The first kappa shape index (κ1) is 33.3. The summed E-state index contributed by atoms with van der Waals surface area (Å²) in [7, 11) is 0. The molecule has 3 N–H and O–H groups in total. The minimum absolute atomic E-state index is 0.298. The van der Waals surface area contributed by atoms with Gasteiger partial charge < -0.3 is 25.4 Å². The molecule has 242 valence electrons. The zero-order valence-electron chi connectivity index (χ0n) is 26.8. The van der Waals surface area contributed by atoms with Crippen LogP contribution in [-0.2, 0) is 19.1 Å². The van der Waals surface area contributed by atoms with Gasteiger partial charge in [0, 0.05) is 35.7 Å². The van der Waals surface area contributed by atoms with Crippen molar-refractivity contribution >= 4 is 47.0 Å². The third-order valence-electron chi connectivity index (χ3n) is 7.19. The van der Waals surface area contributed by atoms with Gasteiger partial charge in [-0.05, 0) is 116 Å². The Bertz CT molecular complexity index is 1410. The van der Waals surface area contributed by atoms with Gasteiger partial charge in [0.1, 0.15) is 23.3 Å². The Balaban J connectivity index is 1.28. The summed E-state index contributed by atoms with van der Waals surface area (Å²) in [6.45, 7) is 11.6. The van der Waals surface area contributed by atoms with Crippen LogP contribution in [0.5, 0.6) is 0 Å². The molecule has 12 heteroatoms. The van der Waals surface area contributed by atoms with Crippen molar-refractivity contribution in [3.8, 4) is 0 Å². The van der Waals surface area contributed by atoms with Crippen molar-refractivity contribution in [3.63, 3.8) is 0 Å². The number of carbonyl (C=O) groups is 5. The third kappa shape index (κ3) is 9.19. The second kappa shape index (κ2) is 13.6. The summed E-state index contributed by atoms with van der Waals surface area (Å²) < 4.78 is 10.9. The zero-order valence-corrected chi connectivity index (χ0v) is 26.8. The van der Waals surface area contributed by atoms with Crippen molar-refractivity contribution in [2.45, 2.75) is 90.5 Å². The number of likely N-dealkylation sites (tertiary alicyclic amines) is 2. The van der Waals surface area contributed by atoms with Crippen molar-refractivity contribution < 1.29 is 33.4 Å². The molecule has 2 aromatic rings. The number of nitrogens with one attached hydrogen (secondary N) is 3.